The Morgan fingerprint density at radius 3 is 2.77 bits per heavy atom. The lowest BCUT2D eigenvalue weighted by Gasteiger charge is -2.03. The van der Waals surface area contributed by atoms with Gasteiger partial charge in [-0.2, -0.15) is 0 Å². The normalized spacial score (nSPS) is 9.62. The van der Waals surface area contributed by atoms with Gasteiger partial charge in [-0.1, -0.05) is 17.9 Å². The molecule has 0 unspecified atom stereocenters. The molecule has 0 atom stereocenters. The molecule has 13 heavy (non-hydrogen) atoms. The topological polar surface area (TPSA) is 52.4 Å². The largest absolute Gasteiger partial charge is 0.490 e. The molecule has 0 aliphatic heterocycles. The van der Waals surface area contributed by atoms with Gasteiger partial charge in [0.15, 0.2) is 5.75 Å². The maximum atomic E-state index is 10.5. The van der Waals surface area contributed by atoms with Gasteiger partial charge < -0.3 is 4.74 Å². The van der Waals surface area contributed by atoms with Crippen LogP contribution in [0.4, 0.5) is 5.69 Å². The predicted octanol–water partition coefficient (Wildman–Crippen LogP) is 1.27. The second-order valence-electron chi connectivity index (χ2n) is 2.47. The van der Waals surface area contributed by atoms with Crippen molar-refractivity contribution in [3.05, 3.63) is 33.9 Å². The molecule has 0 aromatic heterocycles. The Bertz CT molecular complexity index is 327. The zero-order valence-corrected chi connectivity index (χ0v) is 7.19. The minimum Gasteiger partial charge on any atom is -0.490 e. The van der Waals surface area contributed by atoms with Gasteiger partial charge in [0.2, 0.25) is 0 Å². The second kappa shape index (κ2) is 3.93. The van der Waals surface area contributed by atoms with E-state index in [0.717, 1.165) is 5.56 Å². The van der Waals surface area contributed by atoms with E-state index in [0.29, 0.717) is 6.32 Å². The average Bonchev–Trinajstić information content (AvgIpc) is 2.16. The van der Waals surface area contributed by atoms with Gasteiger partial charge in [0.1, 0.15) is 0 Å². The number of ether oxygens (including phenoxy) is 1. The Labute approximate surface area is 77.1 Å². The zero-order valence-electron chi connectivity index (χ0n) is 7.19. The first-order chi connectivity index (χ1) is 6.19. The minimum absolute atomic E-state index is 0.0419. The number of nitro benzene ring substituents is 1. The number of benzene rings is 1. The molecule has 0 N–H and O–H groups in total. The third-order valence-corrected chi connectivity index (χ3v) is 1.68. The first-order valence-corrected chi connectivity index (χ1v) is 3.70. The maximum absolute atomic E-state index is 10.5. The lowest BCUT2D eigenvalue weighted by molar-refractivity contribution is -0.385. The molecular weight excluding hydrogens is 169 g/mol. The molecule has 0 heterocycles. The maximum Gasteiger partial charge on any atom is 0.310 e. The Kier molecular flexibility index (Phi) is 2.90. The van der Waals surface area contributed by atoms with Crippen molar-refractivity contribution >= 4 is 13.5 Å². The summed E-state index contributed by atoms with van der Waals surface area (Å²) in [6, 6.07) is 4.57. The average molecular weight is 177 g/mol. The Morgan fingerprint density at radius 2 is 2.31 bits per heavy atom. The van der Waals surface area contributed by atoms with Crippen LogP contribution in [0.2, 0.25) is 0 Å². The van der Waals surface area contributed by atoms with Gasteiger partial charge in [-0.3, -0.25) is 10.1 Å². The molecular formula is C8H8BNO3. The summed E-state index contributed by atoms with van der Waals surface area (Å²) in [6.45, 7) is 0. The summed E-state index contributed by atoms with van der Waals surface area (Å²) < 4.78 is 4.85. The van der Waals surface area contributed by atoms with Crippen molar-refractivity contribution in [3.63, 3.8) is 0 Å². The van der Waals surface area contributed by atoms with Crippen LogP contribution >= 0.6 is 0 Å². The Hall–Kier alpha value is -1.52. The molecule has 0 aliphatic carbocycles. The number of nitro groups is 1. The van der Waals surface area contributed by atoms with Crippen LogP contribution in [-0.2, 0) is 6.32 Å². The van der Waals surface area contributed by atoms with E-state index in [1.54, 1.807) is 12.1 Å². The van der Waals surface area contributed by atoms with Gasteiger partial charge in [0.05, 0.1) is 19.9 Å². The molecule has 0 aliphatic rings. The van der Waals surface area contributed by atoms with Crippen LogP contribution in [0.3, 0.4) is 0 Å². The number of nitrogens with zero attached hydrogens (tertiary/aromatic N) is 1. The third kappa shape index (κ3) is 1.99. The molecule has 1 aromatic carbocycles. The molecule has 1 aromatic rings. The summed E-state index contributed by atoms with van der Waals surface area (Å²) in [5.41, 5.74) is 0.766. The standard InChI is InChI=1S/C8H8BNO3/c1-13-8-4-6(5-9)2-3-7(8)10(11)12/h2-4H,5H2,1H3. The summed E-state index contributed by atoms with van der Waals surface area (Å²) in [5, 5.41) is 10.5. The first kappa shape index (κ1) is 9.57. The van der Waals surface area contributed by atoms with Crippen molar-refractivity contribution in [3.8, 4) is 5.75 Å². The summed E-state index contributed by atoms with van der Waals surface area (Å²) in [6.07, 6.45) is 0.342. The van der Waals surface area contributed by atoms with Crippen molar-refractivity contribution in [1.29, 1.82) is 0 Å². The van der Waals surface area contributed by atoms with E-state index < -0.39 is 4.92 Å². The van der Waals surface area contributed by atoms with Crippen molar-refractivity contribution in [2.45, 2.75) is 6.32 Å². The molecule has 0 amide bonds. The second-order valence-corrected chi connectivity index (χ2v) is 2.47. The molecule has 66 valence electrons. The highest BCUT2D eigenvalue weighted by atomic mass is 16.6. The van der Waals surface area contributed by atoms with Gasteiger partial charge in [-0.15, -0.1) is 0 Å². The minimum atomic E-state index is -0.487. The SMILES string of the molecule is [B]Cc1ccc([N+](=O)[O-])c(OC)c1. The summed E-state index contributed by atoms with van der Waals surface area (Å²) in [5.74, 6) is 0.243. The van der Waals surface area contributed by atoms with Gasteiger partial charge in [-0.25, -0.2) is 0 Å². The van der Waals surface area contributed by atoms with Crippen molar-refractivity contribution in [2.75, 3.05) is 7.11 Å². The van der Waals surface area contributed by atoms with Crippen LogP contribution in [-0.4, -0.2) is 19.9 Å². The van der Waals surface area contributed by atoms with E-state index in [-0.39, 0.29) is 11.4 Å². The molecule has 4 nitrogen and oxygen atoms in total. The molecule has 5 heteroatoms. The summed E-state index contributed by atoms with van der Waals surface area (Å²) in [4.78, 5) is 9.99. The van der Waals surface area contributed by atoms with Crippen LogP contribution in [0.5, 0.6) is 5.75 Å². The molecule has 0 bridgehead atoms. The lowest BCUT2D eigenvalue weighted by Crippen LogP contribution is -1.95. The van der Waals surface area contributed by atoms with E-state index in [1.807, 2.05) is 0 Å². The molecule has 0 fully saturated rings. The van der Waals surface area contributed by atoms with Crippen LogP contribution in [0.15, 0.2) is 18.2 Å². The number of hydrogen-bond acceptors (Lipinski definition) is 3. The quantitative estimate of drug-likeness (QED) is 0.396. The summed E-state index contributed by atoms with van der Waals surface area (Å²) >= 11 is 0. The highest BCUT2D eigenvalue weighted by Crippen LogP contribution is 2.27. The van der Waals surface area contributed by atoms with E-state index in [9.17, 15) is 10.1 Å². The van der Waals surface area contributed by atoms with Crippen LogP contribution < -0.4 is 4.74 Å². The molecule has 0 saturated carbocycles. The van der Waals surface area contributed by atoms with Gasteiger partial charge >= 0.3 is 5.69 Å². The fourth-order valence-electron chi connectivity index (χ4n) is 1.000. The highest BCUT2D eigenvalue weighted by Gasteiger charge is 2.13. The third-order valence-electron chi connectivity index (χ3n) is 1.68. The highest BCUT2D eigenvalue weighted by molar-refractivity contribution is 6.08. The number of rotatable bonds is 3. The van der Waals surface area contributed by atoms with E-state index in [4.69, 9.17) is 12.6 Å². The van der Waals surface area contributed by atoms with Crippen LogP contribution in [0.25, 0.3) is 0 Å². The van der Waals surface area contributed by atoms with E-state index in [2.05, 4.69) is 0 Å². The monoisotopic (exact) mass is 177 g/mol. The fraction of sp³-hybridized carbons (Fsp3) is 0.250. The number of hydrogen-bond donors (Lipinski definition) is 0. The Morgan fingerprint density at radius 1 is 1.62 bits per heavy atom. The predicted molar refractivity (Wildman–Crippen MR) is 49.1 cm³/mol. The Balaban J connectivity index is 3.15. The molecule has 2 radical (unpaired) electrons. The fourth-order valence-corrected chi connectivity index (χ4v) is 1.000. The number of methoxy groups -OCH3 is 1. The van der Waals surface area contributed by atoms with Crippen molar-refractivity contribution in [2.24, 2.45) is 0 Å². The van der Waals surface area contributed by atoms with E-state index in [1.165, 1.54) is 13.2 Å². The van der Waals surface area contributed by atoms with Gasteiger partial charge in [0.25, 0.3) is 0 Å². The summed E-state index contributed by atoms with van der Waals surface area (Å²) in [7, 11) is 6.77. The smallest absolute Gasteiger partial charge is 0.310 e. The zero-order chi connectivity index (χ0) is 9.84. The van der Waals surface area contributed by atoms with Crippen LogP contribution in [0, 0.1) is 10.1 Å². The van der Waals surface area contributed by atoms with E-state index >= 15 is 0 Å². The van der Waals surface area contributed by atoms with Gasteiger partial charge in [0, 0.05) is 6.07 Å². The van der Waals surface area contributed by atoms with Crippen molar-refractivity contribution < 1.29 is 9.66 Å². The molecule has 0 spiro atoms. The van der Waals surface area contributed by atoms with Crippen LogP contribution in [0.1, 0.15) is 5.56 Å². The lowest BCUT2D eigenvalue weighted by atomic mass is 9.97. The van der Waals surface area contributed by atoms with Crippen molar-refractivity contribution in [1.82, 2.24) is 0 Å². The van der Waals surface area contributed by atoms with Gasteiger partial charge in [-0.05, 0) is 6.07 Å². The molecule has 0 saturated heterocycles. The first-order valence-electron chi connectivity index (χ1n) is 3.70. The molecule has 1 rings (SSSR count).